The van der Waals surface area contributed by atoms with E-state index >= 15 is 0 Å². The van der Waals surface area contributed by atoms with Crippen LogP contribution < -0.4 is 15.6 Å². The van der Waals surface area contributed by atoms with Crippen molar-refractivity contribution in [3.05, 3.63) is 52.5 Å². The van der Waals surface area contributed by atoms with Crippen LogP contribution in [-0.4, -0.2) is 52.6 Å². The summed E-state index contributed by atoms with van der Waals surface area (Å²) < 4.78 is 58.4. The third kappa shape index (κ3) is 5.40. The average molecular weight is 502 g/mol. The van der Waals surface area contributed by atoms with Crippen molar-refractivity contribution >= 4 is 39.4 Å². The van der Waals surface area contributed by atoms with Gasteiger partial charge in [0.1, 0.15) is 11.5 Å². The van der Waals surface area contributed by atoms with Gasteiger partial charge in [-0.3, -0.25) is 9.36 Å². The van der Waals surface area contributed by atoms with Crippen LogP contribution in [0.3, 0.4) is 0 Å². The summed E-state index contributed by atoms with van der Waals surface area (Å²) in [6.45, 7) is 0.812. The summed E-state index contributed by atoms with van der Waals surface area (Å²) in [5.41, 5.74) is -0.208. The zero-order valence-corrected chi connectivity index (χ0v) is 19.4. The van der Waals surface area contributed by atoms with Crippen LogP contribution in [0.4, 0.5) is 14.7 Å². The fourth-order valence-electron chi connectivity index (χ4n) is 3.55. The number of fused-ring (bicyclic) bond motifs is 1. The van der Waals surface area contributed by atoms with E-state index in [1.54, 1.807) is 0 Å². The van der Waals surface area contributed by atoms with Gasteiger partial charge in [0.15, 0.2) is 17.3 Å². The average Bonchev–Trinajstić information content (AvgIpc) is 2.74. The molecule has 1 saturated heterocycles. The van der Waals surface area contributed by atoms with Crippen molar-refractivity contribution in [1.82, 2.24) is 18.8 Å². The third-order valence-corrected chi connectivity index (χ3v) is 6.59. The minimum atomic E-state index is -3.21. The van der Waals surface area contributed by atoms with Crippen LogP contribution in [0.5, 0.6) is 11.5 Å². The van der Waals surface area contributed by atoms with Crippen molar-refractivity contribution in [3.8, 4) is 11.5 Å². The molecule has 0 atom stereocenters. The first-order valence-electron chi connectivity index (χ1n) is 9.83. The number of aryl methyl sites for hydroxylation is 1. The Kier molecular flexibility index (Phi) is 7.20. The molecule has 1 aromatic carbocycles. The van der Waals surface area contributed by atoms with E-state index in [-0.39, 0.29) is 29.9 Å². The van der Waals surface area contributed by atoms with Gasteiger partial charge in [0.05, 0.1) is 6.26 Å². The zero-order chi connectivity index (χ0) is 23.0. The van der Waals surface area contributed by atoms with Crippen LogP contribution in [0.1, 0.15) is 12.8 Å². The van der Waals surface area contributed by atoms with E-state index in [0.29, 0.717) is 49.0 Å². The topological polar surface area (TPSA) is 106 Å². The number of aromatic nitrogens is 3. The van der Waals surface area contributed by atoms with Crippen LogP contribution in [0.25, 0.3) is 11.0 Å². The van der Waals surface area contributed by atoms with Gasteiger partial charge < -0.3 is 10.1 Å². The highest BCUT2D eigenvalue weighted by atomic mass is 35.5. The molecule has 3 aromatic rings. The van der Waals surface area contributed by atoms with E-state index < -0.39 is 27.2 Å². The number of ether oxygens (including phenoxy) is 1. The largest absolute Gasteiger partial charge is 0.448 e. The Morgan fingerprint density at radius 2 is 1.85 bits per heavy atom. The Balaban J connectivity index is 0.00000306. The molecule has 4 rings (SSSR count). The standard InChI is InChI=1S/C20H21F2N5O4S.ClH/c1-26-18-12(9-17(19(26)28)31-16-4-3-13(21)10-15(16)22)11-23-20(25-18)24-14-5-7-27(8-6-14)32(2,29)30;/h3-4,9-11,14H,5-8H2,1-2H3,(H,23,24,25);1H. The van der Waals surface area contributed by atoms with E-state index in [1.165, 1.54) is 34.4 Å². The molecule has 0 amide bonds. The third-order valence-electron chi connectivity index (χ3n) is 5.29. The number of sulfonamides is 1. The predicted octanol–water partition coefficient (Wildman–Crippen LogP) is 2.66. The quantitative estimate of drug-likeness (QED) is 0.572. The number of benzene rings is 1. The van der Waals surface area contributed by atoms with E-state index in [4.69, 9.17) is 4.74 Å². The Hall–Kier alpha value is -2.83. The fourth-order valence-corrected chi connectivity index (χ4v) is 4.42. The number of anilines is 1. The van der Waals surface area contributed by atoms with E-state index in [9.17, 15) is 22.0 Å². The van der Waals surface area contributed by atoms with Gasteiger partial charge >= 0.3 is 0 Å². The normalized spacial score (nSPS) is 15.3. The smallest absolute Gasteiger partial charge is 0.294 e. The number of halogens is 3. The number of pyridine rings is 1. The summed E-state index contributed by atoms with van der Waals surface area (Å²) >= 11 is 0. The Labute approximate surface area is 194 Å². The maximum absolute atomic E-state index is 13.9. The molecule has 0 unspecified atom stereocenters. The summed E-state index contributed by atoms with van der Waals surface area (Å²) in [5, 5.41) is 3.67. The van der Waals surface area contributed by atoms with Crippen molar-refractivity contribution in [2.45, 2.75) is 18.9 Å². The molecule has 0 radical (unpaired) electrons. The Morgan fingerprint density at radius 1 is 1.15 bits per heavy atom. The van der Waals surface area contributed by atoms with Gasteiger partial charge in [-0.2, -0.15) is 4.98 Å². The molecule has 13 heteroatoms. The van der Waals surface area contributed by atoms with Crippen molar-refractivity contribution in [2.75, 3.05) is 24.7 Å². The highest BCUT2D eigenvalue weighted by molar-refractivity contribution is 7.88. The van der Waals surface area contributed by atoms with E-state index in [0.717, 1.165) is 12.1 Å². The van der Waals surface area contributed by atoms with Crippen LogP contribution in [0.15, 0.2) is 35.3 Å². The summed E-state index contributed by atoms with van der Waals surface area (Å²) in [6.07, 6.45) is 3.90. The first-order valence-corrected chi connectivity index (χ1v) is 11.7. The Morgan fingerprint density at radius 3 is 2.48 bits per heavy atom. The van der Waals surface area contributed by atoms with Gasteiger partial charge in [-0.05, 0) is 31.0 Å². The lowest BCUT2D eigenvalue weighted by atomic mass is 10.1. The summed E-state index contributed by atoms with van der Waals surface area (Å²) in [4.78, 5) is 21.4. The molecule has 9 nitrogen and oxygen atoms in total. The predicted molar refractivity (Wildman–Crippen MR) is 122 cm³/mol. The van der Waals surface area contributed by atoms with Crippen molar-refractivity contribution in [3.63, 3.8) is 0 Å². The molecular formula is C20H22ClF2N5O4S. The molecule has 1 fully saturated rings. The van der Waals surface area contributed by atoms with Gasteiger partial charge in [-0.15, -0.1) is 12.4 Å². The van der Waals surface area contributed by atoms with Crippen molar-refractivity contribution in [2.24, 2.45) is 7.05 Å². The lowest BCUT2D eigenvalue weighted by molar-refractivity contribution is 0.331. The summed E-state index contributed by atoms with van der Waals surface area (Å²) in [7, 11) is -1.71. The maximum atomic E-state index is 13.9. The minimum absolute atomic E-state index is 0. The molecule has 0 saturated carbocycles. The van der Waals surface area contributed by atoms with Crippen molar-refractivity contribution < 1.29 is 21.9 Å². The van der Waals surface area contributed by atoms with Crippen LogP contribution in [0, 0.1) is 11.6 Å². The second-order valence-corrected chi connectivity index (χ2v) is 9.59. The summed E-state index contributed by atoms with van der Waals surface area (Å²) in [6, 6.07) is 4.20. The zero-order valence-electron chi connectivity index (χ0n) is 17.8. The molecule has 1 aliphatic heterocycles. The highest BCUT2D eigenvalue weighted by Gasteiger charge is 2.25. The molecular weight excluding hydrogens is 480 g/mol. The molecule has 1 aliphatic rings. The number of nitrogens with one attached hydrogen (secondary N) is 1. The number of nitrogens with zero attached hydrogens (tertiary/aromatic N) is 4. The van der Waals surface area contributed by atoms with Gasteiger partial charge in [0, 0.05) is 43.8 Å². The first-order chi connectivity index (χ1) is 15.1. The number of hydrogen-bond donors (Lipinski definition) is 1. The van der Waals surface area contributed by atoms with Crippen LogP contribution in [-0.2, 0) is 17.1 Å². The molecule has 178 valence electrons. The number of hydrogen-bond acceptors (Lipinski definition) is 7. The monoisotopic (exact) mass is 501 g/mol. The van der Waals surface area contributed by atoms with E-state index in [2.05, 4.69) is 15.3 Å². The molecule has 3 heterocycles. The minimum Gasteiger partial charge on any atom is -0.448 e. The Bertz CT molecular complexity index is 1340. The fraction of sp³-hybridized carbons (Fsp3) is 0.350. The SMILES string of the molecule is Cl.Cn1c(=O)c(Oc2ccc(F)cc2F)cc2cnc(NC3CCN(S(C)(=O)=O)CC3)nc21. The lowest BCUT2D eigenvalue weighted by Crippen LogP contribution is -2.42. The molecule has 33 heavy (non-hydrogen) atoms. The van der Waals surface area contributed by atoms with Crippen LogP contribution >= 0.6 is 12.4 Å². The molecule has 2 aromatic heterocycles. The number of rotatable bonds is 5. The second-order valence-electron chi connectivity index (χ2n) is 7.60. The lowest BCUT2D eigenvalue weighted by Gasteiger charge is -2.30. The summed E-state index contributed by atoms with van der Waals surface area (Å²) in [5.74, 6) is -1.80. The first kappa shape index (κ1) is 24.8. The molecule has 0 aliphatic carbocycles. The maximum Gasteiger partial charge on any atom is 0.294 e. The molecule has 0 spiro atoms. The van der Waals surface area contributed by atoms with Gasteiger partial charge in [-0.1, -0.05) is 0 Å². The van der Waals surface area contributed by atoms with Gasteiger partial charge in [0.2, 0.25) is 16.0 Å². The molecule has 1 N–H and O–H groups in total. The second kappa shape index (κ2) is 9.57. The molecule has 0 bridgehead atoms. The van der Waals surface area contributed by atoms with Gasteiger partial charge in [0.25, 0.3) is 5.56 Å². The van der Waals surface area contributed by atoms with Crippen LogP contribution in [0.2, 0.25) is 0 Å². The number of piperidine rings is 1. The van der Waals surface area contributed by atoms with E-state index in [1.807, 2.05) is 0 Å². The highest BCUT2D eigenvalue weighted by Crippen LogP contribution is 2.25. The van der Waals surface area contributed by atoms with Gasteiger partial charge in [-0.25, -0.2) is 26.5 Å². The van der Waals surface area contributed by atoms with Crippen molar-refractivity contribution in [1.29, 1.82) is 0 Å².